The van der Waals surface area contributed by atoms with Gasteiger partial charge in [0.15, 0.2) is 6.61 Å². The zero-order chi connectivity index (χ0) is 19.2. The van der Waals surface area contributed by atoms with Crippen LogP contribution in [0.1, 0.15) is 11.1 Å². The topological polar surface area (TPSA) is 67.4 Å². The molecule has 2 N–H and O–H groups in total. The van der Waals surface area contributed by atoms with Gasteiger partial charge in [-0.3, -0.25) is 9.59 Å². The summed E-state index contributed by atoms with van der Waals surface area (Å²) in [7, 11) is 0. The molecule has 2 amide bonds. The first-order valence-corrected chi connectivity index (χ1v) is 7.67. The number of carbonyl (C=O) groups excluding carboxylic acids is 2. The molecular formula is C18H17F3N2O3. The van der Waals surface area contributed by atoms with Crippen LogP contribution in [0, 0.1) is 6.92 Å². The Bertz CT molecular complexity index is 774. The van der Waals surface area contributed by atoms with Crippen LogP contribution in [0.3, 0.4) is 0 Å². The largest absolute Gasteiger partial charge is 0.484 e. The summed E-state index contributed by atoms with van der Waals surface area (Å²) >= 11 is 0. The Morgan fingerprint density at radius 3 is 2.38 bits per heavy atom. The van der Waals surface area contributed by atoms with Crippen LogP contribution < -0.4 is 15.4 Å². The van der Waals surface area contributed by atoms with Crippen molar-refractivity contribution in [2.24, 2.45) is 0 Å². The number of halogens is 3. The molecule has 2 aromatic rings. The molecular weight excluding hydrogens is 349 g/mol. The van der Waals surface area contributed by atoms with E-state index in [4.69, 9.17) is 4.74 Å². The summed E-state index contributed by atoms with van der Waals surface area (Å²) in [5.74, 6) is -0.656. The van der Waals surface area contributed by atoms with E-state index in [9.17, 15) is 22.8 Å². The molecule has 2 aromatic carbocycles. The van der Waals surface area contributed by atoms with Crippen LogP contribution in [0.2, 0.25) is 0 Å². The lowest BCUT2D eigenvalue weighted by molar-refractivity contribution is -0.137. The van der Waals surface area contributed by atoms with Gasteiger partial charge in [0.1, 0.15) is 5.75 Å². The monoisotopic (exact) mass is 366 g/mol. The number of hydrogen-bond acceptors (Lipinski definition) is 3. The molecule has 0 bridgehead atoms. The Hall–Kier alpha value is -3.03. The Morgan fingerprint density at radius 1 is 1.04 bits per heavy atom. The van der Waals surface area contributed by atoms with Crippen molar-refractivity contribution in [3.05, 3.63) is 59.7 Å². The molecule has 0 saturated carbocycles. The van der Waals surface area contributed by atoms with Crippen molar-refractivity contribution in [1.29, 1.82) is 0 Å². The van der Waals surface area contributed by atoms with Crippen LogP contribution in [0.25, 0.3) is 0 Å². The third-order valence-electron chi connectivity index (χ3n) is 3.31. The smallest absolute Gasteiger partial charge is 0.416 e. The Balaban J connectivity index is 1.77. The van der Waals surface area contributed by atoms with Crippen LogP contribution in [-0.4, -0.2) is 25.0 Å². The molecule has 8 heteroatoms. The lowest BCUT2D eigenvalue weighted by Crippen LogP contribution is -2.35. The predicted molar refractivity (Wildman–Crippen MR) is 89.8 cm³/mol. The van der Waals surface area contributed by atoms with Crippen molar-refractivity contribution in [1.82, 2.24) is 5.32 Å². The molecule has 2 rings (SSSR count). The van der Waals surface area contributed by atoms with E-state index in [1.807, 2.05) is 19.1 Å². The maximum absolute atomic E-state index is 12.6. The van der Waals surface area contributed by atoms with Crippen molar-refractivity contribution in [2.75, 3.05) is 18.5 Å². The van der Waals surface area contributed by atoms with E-state index in [2.05, 4.69) is 10.6 Å². The number of alkyl halides is 3. The Labute approximate surface area is 148 Å². The predicted octanol–water partition coefficient (Wildman–Crippen LogP) is 3.15. The van der Waals surface area contributed by atoms with E-state index in [1.54, 1.807) is 12.1 Å². The van der Waals surface area contributed by atoms with E-state index in [0.29, 0.717) is 5.75 Å². The van der Waals surface area contributed by atoms with Gasteiger partial charge in [-0.15, -0.1) is 0 Å². The normalized spacial score (nSPS) is 10.9. The molecule has 0 heterocycles. The minimum atomic E-state index is -4.50. The number of aryl methyl sites for hydroxylation is 1. The number of rotatable bonds is 6. The summed E-state index contributed by atoms with van der Waals surface area (Å²) in [5.41, 5.74) is 0.175. The van der Waals surface area contributed by atoms with Crippen molar-refractivity contribution in [3.63, 3.8) is 0 Å². The number of benzene rings is 2. The van der Waals surface area contributed by atoms with Crippen LogP contribution >= 0.6 is 0 Å². The van der Waals surface area contributed by atoms with E-state index < -0.39 is 23.6 Å². The van der Waals surface area contributed by atoms with Crippen LogP contribution in [0.5, 0.6) is 5.75 Å². The van der Waals surface area contributed by atoms with E-state index in [1.165, 1.54) is 12.1 Å². The molecule has 0 saturated heterocycles. The Kier molecular flexibility index (Phi) is 6.21. The second-order valence-electron chi connectivity index (χ2n) is 5.51. The molecule has 0 spiro atoms. The van der Waals surface area contributed by atoms with Crippen molar-refractivity contribution < 1.29 is 27.5 Å². The maximum atomic E-state index is 12.6. The number of hydrogen-bond donors (Lipinski definition) is 2. The van der Waals surface area contributed by atoms with Crippen LogP contribution in [0.4, 0.5) is 18.9 Å². The van der Waals surface area contributed by atoms with Gasteiger partial charge in [0, 0.05) is 5.69 Å². The van der Waals surface area contributed by atoms with E-state index >= 15 is 0 Å². The first-order chi connectivity index (χ1) is 12.2. The van der Waals surface area contributed by atoms with Gasteiger partial charge in [0.2, 0.25) is 5.91 Å². The summed E-state index contributed by atoms with van der Waals surface area (Å²) in [6.07, 6.45) is -4.50. The highest BCUT2D eigenvalue weighted by atomic mass is 19.4. The third-order valence-corrected chi connectivity index (χ3v) is 3.31. The van der Waals surface area contributed by atoms with Crippen molar-refractivity contribution >= 4 is 17.5 Å². The van der Waals surface area contributed by atoms with Gasteiger partial charge in [-0.05, 0) is 37.3 Å². The fraction of sp³-hybridized carbons (Fsp3) is 0.222. The van der Waals surface area contributed by atoms with Gasteiger partial charge in [-0.25, -0.2) is 0 Å². The van der Waals surface area contributed by atoms with Gasteiger partial charge >= 0.3 is 6.18 Å². The van der Waals surface area contributed by atoms with Gasteiger partial charge in [0.25, 0.3) is 5.91 Å². The average Bonchev–Trinajstić information content (AvgIpc) is 2.59. The van der Waals surface area contributed by atoms with E-state index in [0.717, 1.165) is 17.7 Å². The number of amides is 2. The maximum Gasteiger partial charge on any atom is 0.416 e. The molecule has 0 aliphatic heterocycles. The highest BCUT2D eigenvalue weighted by molar-refractivity contribution is 5.94. The zero-order valence-corrected chi connectivity index (χ0v) is 13.9. The zero-order valence-electron chi connectivity index (χ0n) is 13.9. The average molecular weight is 366 g/mol. The van der Waals surface area contributed by atoms with Crippen LogP contribution in [-0.2, 0) is 15.8 Å². The third kappa shape index (κ3) is 6.12. The minimum absolute atomic E-state index is 0.00465. The number of ether oxygens (including phenoxy) is 1. The molecule has 0 unspecified atom stereocenters. The molecule has 138 valence electrons. The number of carbonyl (C=O) groups is 2. The van der Waals surface area contributed by atoms with Crippen molar-refractivity contribution in [3.8, 4) is 5.75 Å². The van der Waals surface area contributed by atoms with Gasteiger partial charge in [-0.1, -0.05) is 23.8 Å². The molecule has 26 heavy (non-hydrogen) atoms. The van der Waals surface area contributed by atoms with Gasteiger partial charge in [0.05, 0.1) is 12.1 Å². The second-order valence-corrected chi connectivity index (χ2v) is 5.51. The fourth-order valence-corrected chi connectivity index (χ4v) is 1.99. The lowest BCUT2D eigenvalue weighted by Gasteiger charge is -2.10. The molecule has 5 nitrogen and oxygen atoms in total. The summed E-state index contributed by atoms with van der Waals surface area (Å²) < 4.78 is 43.1. The SMILES string of the molecule is Cc1ccc(OCC(=O)NCC(=O)Nc2cccc(C(F)(F)F)c2)cc1. The highest BCUT2D eigenvalue weighted by Gasteiger charge is 2.30. The highest BCUT2D eigenvalue weighted by Crippen LogP contribution is 2.30. The van der Waals surface area contributed by atoms with Crippen molar-refractivity contribution in [2.45, 2.75) is 13.1 Å². The molecule has 0 atom stereocenters. The number of nitrogens with one attached hydrogen (secondary N) is 2. The Morgan fingerprint density at radius 2 is 1.73 bits per heavy atom. The standard InChI is InChI=1S/C18H17F3N2O3/c1-12-5-7-15(8-6-12)26-11-17(25)22-10-16(24)23-14-4-2-3-13(9-14)18(19,20)21/h2-9H,10-11H2,1H3,(H,22,25)(H,23,24). The summed E-state index contributed by atoms with van der Waals surface area (Å²) in [4.78, 5) is 23.4. The van der Waals surface area contributed by atoms with Gasteiger partial charge < -0.3 is 15.4 Å². The fourth-order valence-electron chi connectivity index (χ4n) is 1.99. The summed E-state index contributed by atoms with van der Waals surface area (Å²) in [6, 6.07) is 11.3. The molecule has 0 radical (unpaired) electrons. The quantitative estimate of drug-likeness (QED) is 0.825. The molecule has 0 fully saturated rings. The second kappa shape index (κ2) is 8.37. The van der Waals surface area contributed by atoms with Crippen LogP contribution in [0.15, 0.2) is 48.5 Å². The number of anilines is 1. The molecule has 0 aliphatic rings. The first kappa shape index (κ1) is 19.3. The summed E-state index contributed by atoms with van der Waals surface area (Å²) in [6.45, 7) is 1.26. The first-order valence-electron chi connectivity index (χ1n) is 7.67. The minimum Gasteiger partial charge on any atom is -0.484 e. The molecule has 0 aromatic heterocycles. The summed E-state index contributed by atoms with van der Waals surface area (Å²) in [5, 5.41) is 4.63. The lowest BCUT2D eigenvalue weighted by atomic mass is 10.2. The van der Waals surface area contributed by atoms with Gasteiger partial charge in [-0.2, -0.15) is 13.2 Å². The molecule has 0 aliphatic carbocycles. The van der Waals surface area contributed by atoms with E-state index in [-0.39, 0.29) is 18.8 Å².